The maximum absolute atomic E-state index is 14.2. The monoisotopic (exact) mass is 346 g/mol. The highest BCUT2D eigenvalue weighted by Gasteiger charge is 2.37. The number of hydrogen-bond acceptors (Lipinski definition) is 1. The van der Waals surface area contributed by atoms with Gasteiger partial charge in [-0.1, -0.05) is 26.2 Å². The van der Waals surface area contributed by atoms with Crippen molar-refractivity contribution >= 4 is 15.9 Å². The number of aliphatic hydroxyl groups is 1. The molecule has 0 aliphatic heterocycles. The molecule has 2 unspecified atom stereocenters. The number of hydrogen-bond donors (Lipinski definition) is 1. The van der Waals surface area contributed by atoms with E-state index in [-0.39, 0.29) is 10.0 Å². The molecular formula is C16H21BrF2O. The maximum atomic E-state index is 14.2. The van der Waals surface area contributed by atoms with Crippen LogP contribution in [-0.4, -0.2) is 5.11 Å². The van der Waals surface area contributed by atoms with Crippen LogP contribution in [0.25, 0.3) is 0 Å². The van der Waals surface area contributed by atoms with Crippen LogP contribution in [0.1, 0.15) is 57.4 Å². The SMILES string of the molecule is CCCC1CCCC(O)(c2c(F)ccc(Br)c2F)CC1. The van der Waals surface area contributed by atoms with Crippen LogP contribution in [0.5, 0.6) is 0 Å². The molecule has 1 aromatic rings. The molecule has 1 aliphatic carbocycles. The molecule has 0 heterocycles. The van der Waals surface area contributed by atoms with Gasteiger partial charge in [-0.2, -0.15) is 0 Å². The maximum Gasteiger partial charge on any atom is 0.146 e. The molecule has 1 saturated carbocycles. The van der Waals surface area contributed by atoms with E-state index in [1.807, 2.05) is 0 Å². The van der Waals surface area contributed by atoms with Crippen molar-refractivity contribution < 1.29 is 13.9 Å². The minimum atomic E-state index is -1.37. The summed E-state index contributed by atoms with van der Waals surface area (Å²) < 4.78 is 28.4. The first-order valence-electron chi connectivity index (χ1n) is 7.34. The molecule has 112 valence electrons. The Morgan fingerprint density at radius 3 is 2.75 bits per heavy atom. The third-order valence-electron chi connectivity index (χ3n) is 4.38. The van der Waals surface area contributed by atoms with Crippen LogP contribution in [0.3, 0.4) is 0 Å². The Hall–Kier alpha value is -0.480. The van der Waals surface area contributed by atoms with E-state index in [1.54, 1.807) is 0 Å². The molecule has 1 N–H and O–H groups in total. The number of benzene rings is 1. The van der Waals surface area contributed by atoms with Gasteiger partial charge in [0.25, 0.3) is 0 Å². The van der Waals surface area contributed by atoms with E-state index in [9.17, 15) is 13.9 Å². The predicted octanol–water partition coefficient (Wildman–Crippen LogP) is 5.30. The fraction of sp³-hybridized carbons (Fsp3) is 0.625. The van der Waals surface area contributed by atoms with Crippen LogP contribution in [0.2, 0.25) is 0 Å². The summed E-state index contributed by atoms with van der Waals surface area (Å²) in [4.78, 5) is 0. The molecule has 0 amide bonds. The van der Waals surface area contributed by atoms with Crippen LogP contribution in [-0.2, 0) is 5.60 Å². The summed E-state index contributed by atoms with van der Waals surface area (Å²) in [6, 6.07) is 2.56. The topological polar surface area (TPSA) is 20.2 Å². The summed E-state index contributed by atoms with van der Waals surface area (Å²) in [7, 11) is 0. The van der Waals surface area contributed by atoms with Gasteiger partial charge in [0.15, 0.2) is 0 Å². The zero-order chi connectivity index (χ0) is 14.8. The molecule has 2 rings (SSSR count). The molecule has 0 saturated heterocycles. The van der Waals surface area contributed by atoms with Gasteiger partial charge in [-0.3, -0.25) is 0 Å². The highest BCUT2D eigenvalue weighted by Crippen LogP contribution is 2.42. The summed E-state index contributed by atoms with van der Waals surface area (Å²) in [5.41, 5.74) is -1.54. The van der Waals surface area contributed by atoms with Crippen molar-refractivity contribution in [1.82, 2.24) is 0 Å². The van der Waals surface area contributed by atoms with Crippen LogP contribution < -0.4 is 0 Å². The number of halogens is 3. The Labute approximate surface area is 127 Å². The quantitative estimate of drug-likeness (QED) is 0.581. The molecule has 20 heavy (non-hydrogen) atoms. The zero-order valence-electron chi connectivity index (χ0n) is 11.8. The van der Waals surface area contributed by atoms with Gasteiger partial charge < -0.3 is 5.11 Å². The van der Waals surface area contributed by atoms with Crippen molar-refractivity contribution in [3.8, 4) is 0 Å². The van der Waals surface area contributed by atoms with Gasteiger partial charge in [0, 0.05) is 0 Å². The van der Waals surface area contributed by atoms with E-state index >= 15 is 0 Å². The smallest absolute Gasteiger partial charge is 0.146 e. The van der Waals surface area contributed by atoms with Crippen LogP contribution >= 0.6 is 15.9 Å². The van der Waals surface area contributed by atoms with E-state index in [0.29, 0.717) is 18.8 Å². The van der Waals surface area contributed by atoms with Crippen molar-refractivity contribution in [3.05, 3.63) is 33.8 Å². The molecule has 1 nitrogen and oxygen atoms in total. The molecule has 2 atom stereocenters. The molecule has 1 aliphatic rings. The van der Waals surface area contributed by atoms with Gasteiger partial charge in [-0.25, -0.2) is 8.78 Å². The van der Waals surface area contributed by atoms with Gasteiger partial charge in [-0.05, 0) is 59.7 Å². The highest BCUT2D eigenvalue weighted by molar-refractivity contribution is 9.10. The van der Waals surface area contributed by atoms with E-state index in [2.05, 4.69) is 22.9 Å². The van der Waals surface area contributed by atoms with Crippen LogP contribution in [0, 0.1) is 17.6 Å². The van der Waals surface area contributed by atoms with E-state index in [0.717, 1.165) is 32.1 Å². The second-order valence-corrected chi connectivity index (χ2v) is 6.69. The van der Waals surface area contributed by atoms with Crippen LogP contribution in [0.4, 0.5) is 8.78 Å². The minimum Gasteiger partial charge on any atom is -0.385 e. The van der Waals surface area contributed by atoms with Crippen molar-refractivity contribution in [1.29, 1.82) is 0 Å². The van der Waals surface area contributed by atoms with E-state index in [1.165, 1.54) is 12.1 Å². The second kappa shape index (κ2) is 6.52. The summed E-state index contributed by atoms with van der Waals surface area (Å²) in [6.45, 7) is 2.14. The van der Waals surface area contributed by atoms with Gasteiger partial charge in [0.1, 0.15) is 11.6 Å². The summed E-state index contributed by atoms with van der Waals surface area (Å²) in [6.07, 6.45) is 5.78. The molecule has 1 fully saturated rings. The fourth-order valence-corrected chi connectivity index (χ4v) is 3.63. The Morgan fingerprint density at radius 2 is 2.05 bits per heavy atom. The molecule has 1 aromatic carbocycles. The Bertz CT molecular complexity index is 478. The Balaban J connectivity index is 2.29. The highest BCUT2D eigenvalue weighted by atomic mass is 79.9. The van der Waals surface area contributed by atoms with E-state index < -0.39 is 17.2 Å². The third-order valence-corrected chi connectivity index (χ3v) is 4.99. The average Bonchev–Trinajstić information content (AvgIpc) is 2.58. The molecule has 0 spiro atoms. The Kier molecular flexibility index (Phi) is 5.19. The fourth-order valence-electron chi connectivity index (χ4n) is 3.30. The molecular weight excluding hydrogens is 326 g/mol. The lowest BCUT2D eigenvalue weighted by Gasteiger charge is -2.28. The predicted molar refractivity (Wildman–Crippen MR) is 79.4 cm³/mol. The third kappa shape index (κ3) is 3.22. The van der Waals surface area contributed by atoms with Gasteiger partial charge in [-0.15, -0.1) is 0 Å². The Morgan fingerprint density at radius 1 is 1.30 bits per heavy atom. The van der Waals surface area contributed by atoms with Gasteiger partial charge in [0.05, 0.1) is 15.6 Å². The second-order valence-electron chi connectivity index (χ2n) is 5.84. The summed E-state index contributed by atoms with van der Waals surface area (Å²) in [5, 5.41) is 10.8. The first kappa shape index (κ1) is 15.9. The number of rotatable bonds is 3. The lowest BCUT2D eigenvalue weighted by molar-refractivity contribution is 0.0124. The molecule has 0 radical (unpaired) electrons. The lowest BCUT2D eigenvalue weighted by atomic mass is 9.85. The minimum absolute atomic E-state index is 0.163. The first-order chi connectivity index (χ1) is 9.48. The van der Waals surface area contributed by atoms with Crippen molar-refractivity contribution in [3.63, 3.8) is 0 Å². The summed E-state index contributed by atoms with van der Waals surface area (Å²) >= 11 is 3.07. The van der Waals surface area contributed by atoms with Crippen molar-refractivity contribution in [2.75, 3.05) is 0 Å². The van der Waals surface area contributed by atoms with Crippen molar-refractivity contribution in [2.24, 2.45) is 5.92 Å². The first-order valence-corrected chi connectivity index (χ1v) is 8.13. The van der Waals surface area contributed by atoms with Crippen LogP contribution in [0.15, 0.2) is 16.6 Å². The average molecular weight is 347 g/mol. The standard InChI is InChI=1S/C16H21BrF2O/c1-2-4-11-5-3-9-16(20,10-8-11)14-13(18)7-6-12(17)15(14)19/h6-7,11,20H,2-5,8-10H2,1H3. The largest absolute Gasteiger partial charge is 0.385 e. The molecule has 0 bridgehead atoms. The van der Waals surface area contributed by atoms with Crippen molar-refractivity contribution in [2.45, 2.75) is 57.5 Å². The normalized spacial score (nSPS) is 27.4. The van der Waals surface area contributed by atoms with Gasteiger partial charge >= 0.3 is 0 Å². The van der Waals surface area contributed by atoms with Gasteiger partial charge in [0.2, 0.25) is 0 Å². The molecule has 4 heteroatoms. The van der Waals surface area contributed by atoms with E-state index in [4.69, 9.17) is 0 Å². The summed E-state index contributed by atoms with van der Waals surface area (Å²) in [5.74, 6) is -0.754. The molecule has 0 aromatic heterocycles. The zero-order valence-corrected chi connectivity index (χ0v) is 13.3. The lowest BCUT2D eigenvalue weighted by Crippen LogP contribution is -2.28.